The summed E-state index contributed by atoms with van der Waals surface area (Å²) in [5.74, 6) is 0. The van der Waals surface area contributed by atoms with Crippen molar-refractivity contribution in [3.63, 3.8) is 0 Å². The molecular weight excluding hydrogens is 514 g/mol. The van der Waals surface area contributed by atoms with Crippen molar-refractivity contribution < 1.29 is 153 Å². The van der Waals surface area contributed by atoms with Crippen molar-refractivity contribution in [2.75, 3.05) is 0 Å². The maximum atomic E-state index is 0. The Hall–Kier alpha value is 4.88. The molecule has 0 heterocycles. The third-order valence-corrected chi connectivity index (χ3v) is 0. The van der Waals surface area contributed by atoms with Crippen LogP contribution < -0.4 is 0 Å². The Morgan fingerprint density at radius 1 is 0.250 bits per heavy atom. The smallest absolute Gasteiger partial charge is 0 e. The maximum absolute atomic E-state index is 0. The predicted octanol–water partition coefficient (Wildman–Crippen LogP) is -0.0200. The van der Waals surface area contributed by atoms with Crippen molar-refractivity contribution in [3.05, 3.63) is 0 Å². The normalized spacial score (nSPS) is 0. The second-order valence-electron chi connectivity index (χ2n) is 0. The molecule has 0 aromatic heterocycles. The van der Waals surface area contributed by atoms with Gasteiger partial charge in [-0.3, -0.25) is 0 Å². The topological polar surface area (TPSA) is 0 Å². The van der Waals surface area contributed by atoms with Crippen LogP contribution in [0.15, 0.2) is 0 Å². The average Bonchev–Trinajstić information content (AvgIpc) is 0. The van der Waals surface area contributed by atoms with Gasteiger partial charge in [0.05, 0.1) is 0 Å². The van der Waals surface area contributed by atoms with Crippen LogP contribution in [-0.4, -0.2) is 0 Å². The fourth-order valence-corrected chi connectivity index (χ4v) is 0. The van der Waals surface area contributed by atoms with E-state index in [9.17, 15) is 0 Å². The van der Waals surface area contributed by atoms with Crippen LogP contribution in [0.1, 0.15) is 0 Å². The van der Waals surface area contributed by atoms with Crippen molar-refractivity contribution in [1.82, 2.24) is 0 Å². The molecule has 0 atom stereocenters. The molecule has 0 rings (SSSR count). The van der Waals surface area contributed by atoms with Gasteiger partial charge < -0.3 is 0 Å². The zero-order valence-corrected chi connectivity index (χ0v) is 27.2. The summed E-state index contributed by atoms with van der Waals surface area (Å²) in [5.41, 5.74) is 0. The van der Waals surface area contributed by atoms with Crippen LogP contribution in [0.3, 0.4) is 0 Å². The van der Waals surface area contributed by atoms with Crippen LogP contribution in [-0.2, 0) is 153 Å². The minimum Gasteiger partial charge on any atom is 0 e. The summed E-state index contributed by atoms with van der Waals surface area (Å²) in [6.07, 6.45) is 0. The minimum atomic E-state index is 0. The van der Waals surface area contributed by atoms with E-state index in [-0.39, 0.29) is 153 Å². The first-order valence-corrected chi connectivity index (χ1v) is 0. The number of hydrogen-bond acceptors (Lipinski definition) is 0. The molecule has 0 aliphatic heterocycles. The van der Waals surface area contributed by atoms with Gasteiger partial charge in [-0.1, -0.05) is 0 Å². The molecule has 0 amide bonds. The van der Waals surface area contributed by atoms with Crippen molar-refractivity contribution in [1.29, 1.82) is 0 Å². The van der Waals surface area contributed by atoms with Crippen molar-refractivity contribution in [2.24, 2.45) is 0 Å². The molecule has 0 spiro atoms. The summed E-state index contributed by atoms with van der Waals surface area (Å²) in [7, 11) is 0. The summed E-state index contributed by atoms with van der Waals surface area (Å²) in [5, 5.41) is 0. The molecule has 0 aliphatic carbocycles. The molecule has 0 N–H and O–H groups in total. The third-order valence-electron chi connectivity index (χ3n) is 0. The van der Waals surface area contributed by atoms with Gasteiger partial charge in [0.2, 0.25) is 0 Å². The zero-order valence-electron chi connectivity index (χ0n) is 5.30. The van der Waals surface area contributed by atoms with Gasteiger partial charge in [-0.2, -0.15) is 0 Å². The molecular formula is FeZn7. The molecule has 8 heteroatoms. The summed E-state index contributed by atoms with van der Waals surface area (Å²) in [6, 6.07) is 0. The van der Waals surface area contributed by atoms with E-state index in [0.29, 0.717) is 0 Å². The first-order chi connectivity index (χ1) is 0. The average molecular weight is 514 g/mol. The van der Waals surface area contributed by atoms with Crippen molar-refractivity contribution in [3.8, 4) is 0 Å². The fourth-order valence-electron chi connectivity index (χ4n) is 0. The predicted molar refractivity (Wildman–Crippen MR) is 0 cm³/mol. The van der Waals surface area contributed by atoms with Gasteiger partial charge in [0, 0.05) is 153 Å². The second kappa shape index (κ2) is 59.0. The molecule has 22 valence electrons. The van der Waals surface area contributed by atoms with Crippen LogP contribution in [0, 0.1) is 0 Å². The Bertz CT molecular complexity index is 4.35. The number of hydrogen-bond donors (Lipinski definition) is 0. The van der Waals surface area contributed by atoms with Crippen molar-refractivity contribution >= 4 is 0 Å². The molecule has 0 aromatic rings. The summed E-state index contributed by atoms with van der Waals surface area (Å²) < 4.78 is 0. The van der Waals surface area contributed by atoms with Crippen LogP contribution in [0.4, 0.5) is 0 Å². The van der Waals surface area contributed by atoms with Gasteiger partial charge in [-0.15, -0.1) is 0 Å². The minimum absolute atomic E-state index is 0. The molecule has 0 aliphatic rings. The third kappa shape index (κ3) is 44.6. The van der Waals surface area contributed by atoms with E-state index in [2.05, 4.69) is 0 Å². The first kappa shape index (κ1) is 76.3. The van der Waals surface area contributed by atoms with E-state index in [1.165, 1.54) is 0 Å². The fraction of sp³-hybridized carbons (Fsp3) is 0. The quantitative estimate of drug-likeness (QED) is 0.400. The molecule has 0 bridgehead atoms. The Balaban J connectivity index is 0. The summed E-state index contributed by atoms with van der Waals surface area (Å²) >= 11 is 0. The Labute approximate surface area is 150 Å². The number of rotatable bonds is 0. The van der Waals surface area contributed by atoms with E-state index in [1.54, 1.807) is 0 Å². The SMILES string of the molecule is [Fe].[Zn].[Zn].[Zn].[Zn].[Zn].[Zn].[Zn]. The van der Waals surface area contributed by atoms with E-state index >= 15 is 0 Å². The standard InChI is InChI=1S/Fe.7Zn. The van der Waals surface area contributed by atoms with Crippen LogP contribution in [0.5, 0.6) is 0 Å². The summed E-state index contributed by atoms with van der Waals surface area (Å²) in [6.45, 7) is 0. The molecule has 0 unspecified atom stereocenters. The van der Waals surface area contributed by atoms with E-state index < -0.39 is 0 Å². The first-order valence-electron chi connectivity index (χ1n) is 0. The van der Waals surface area contributed by atoms with Gasteiger partial charge in [0.1, 0.15) is 0 Å². The van der Waals surface area contributed by atoms with E-state index in [1.807, 2.05) is 0 Å². The second-order valence-corrected chi connectivity index (χ2v) is 0. The Kier molecular flexibility index (Phi) is 563. The van der Waals surface area contributed by atoms with Gasteiger partial charge in [-0.05, 0) is 0 Å². The van der Waals surface area contributed by atoms with E-state index in [0.717, 1.165) is 0 Å². The van der Waals surface area contributed by atoms with Gasteiger partial charge in [0.25, 0.3) is 0 Å². The van der Waals surface area contributed by atoms with Crippen LogP contribution >= 0.6 is 0 Å². The zero-order chi connectivity index (χ0) is 0. The molecule has 8 heavy (non-hydrogen) atoms. The summed E-state index contributed by atoms with van der Waals surface area (Å²) in [4.78, 5) is 0. The van der Waals surface area contributed by atoms with Gasteiger partial charge in [-0.25, -0.2) is 0 Å². The largest absolute Gasteiger partial charge is 0 e. The van der Waals surface area contributed by atoms with Crippen LogP contribution in [0.25, 0.3) is 0 Å². The molecule has 0 aromatic carbocycles. The van der Waals surface area contributed by atoms with Crippen LogP contribution in [0.2, 0.25) is 0 Å². The van der Waals surface area contributed by atoms with E-state index in [4.69, 9.17) is 0 Å². The molecule has 0 nitrogen and oxygen atoms in total. The van der Waals surface area contributed by atoms with Gasteiger partial charge in [0.15, 0.2) is 0 Å². The molecule has 0 saturated carbocycles. The molecule has 0 radical (unpaired) electrons. The Morgan fingerprint density at radius 3 is 0.250 bits per heavy atom. The molecule has 0 saturated heterocycles. The van der Waals surface area contributed by atoms with Crippen molar-refractivity contribution in [2.45, 2.75) is 0 Å². The molecule has 0 fully saturated rings. The van der Waals surface area contributed by atoms with Gasteiger partial charge >= 0.3 is 0 Å². The maximum Gasteiger partial charge on any atom is 0 e. The monoisotopic (exact) mass is 503 g/mol. The Morgan fingerprint density at radius 2 is 0.250 bits per heavy atom.